The molecule has 0 aliphatic heterocycles. The Balaban J connectivity index is 0.000000219. The van der Waals surface area contributed by atoms with E-state index in [9.17, 15) is 0 Å². The number of hydrogen-bond acceptors (Lipinski definition) is 0. The number of fused-ring (bicyclic) bond motifs is 1. The molecule has 0 spiro atoms. The van der Waals surface area contributed by atoms with Crippen molar-refractivity contribution in [3.8, 4) is 12.3 Å². The number of benzene rings is 3. The van der Waals surface area contributed by atoms with Crippen LogP contribution >= 0.6 is 0 Å². The minimum absolute atomic E-state index is 0.530. The molecule has 0 fully saturated rings. The van der Waals surface area contributed by atoms with E-state index in [2.05, 4.69) is 93.4 Å². The predicted molar refractivity (Wildman–Crippen MR) is 106 cm³/mol. The largest absolute Gasteiger partial charge is 0.120 e. The first kappa shape index (κ1) is 17.8. The van der Waals surface area contributed by atoms with Crippen LogP contribution in [0, 0.1) is 26.2 Å². The molecule has 0 heterocycles. The first-order valence-electron chi connectivity index (χ1n) is 8.56. The summed E-state index contributed by atoms with van der Waals surface area (Å²) in [5.74, 6) is 3.25. The number of rotatable bonds is 3. The molecular formula is C24H26. The third-order valence-electron chi connectivity index (χ3n) is 4.25. The molecule has 0 nitrogen and oxygen atoms in total. The van der Waals surface area contributed by atoms with E-state index in [0.717, 1.165) is 12.8 Å². The van der Waals surface area contributed by atoms with Crippen LogP contribution in [0.2, 0.25) is 0 Å². The number of terminal acetylenes is 1. The van der Waals surface area contributed by atoms with Gasteiger partial charge in [-0.2, -0.15) is 0 Å². The Bertz CT molecular complexity index is 798. The van der Waals surface area contributed by atoms with Gasteiger partial charge >= 0.3 is 0 Å². The van der Waals surface area contributed by atoms with Crippen LogP contribution in [0.5, 0.6) is 0 Å². The van der Waals surface area contributed by atoms with Crippen LogP contribution in [-0.4, -0.2) is 0 Å². The van der Waals surface area contributed by atoms with Gasteiger partial charge in [-0.3, -0.25) is 0 Å². The number of hydrogen-bond donors (Lipinski definition) is 0. The third kappa shape index (κ3) is 5.00. The van der Waals surface area contributed by atoms with Gasteiger partial charge in [-0.15, -0.1) is 12.3 Å². The molecule has 0 saturated heterocycles. The summed E-state index contributed by atoms with van der Waals surface area (Å²) in [6.45, 7) is 6.46. The smallest absolute Gasteiger partial charge is 0.00917 e. The average molecular weight is 314 g/mol. The molecule has 3 rings (SSSR count). The summed E-state index contributed by atoms with van der Waals surface area (Å²) < 4.78 is 0. The van der Waals surface area contributed by atoms with E-state index in [1.54, 1.807) is 0 Å². The Labute approximate surface area is 146 Å². The normalized spacial score (nSPS) is 11.2. The quantitative estimate of drug-likeness (QED) is 0.474. The van der Waals surface area contributed by atoms with Gasteiger partial charge in [0.2, 0.25) is 0 Å². The van der Waals surface area contributed by atoms with E-state index in [1.165, 1.54) is 27.5 Å². The summed E-state index contributed by atoms with van der Waals surface area (Å²) in [4.78, 5) is 0. The highest BCUT2D eigenvalue weighted by atomic mass is 14.1. The molecule has 24 heavy (non-hydrogen) atoms. The average Bonchev–Trinajstić information content (AvgIpc) is 2.59. The topological polar surface area (TPSA) is 0 Å². The summed E-state index contributed by atoms with van der Waals surface area (Å²) in [5, 5.41) is 2.67. The lowest BCUT2D eigenvalue weighted by Crippen LogP contribution is -1.94. The molecule has 122 valence electrons. The lowest BCUT2D eigenvalue weighted by Gasteiger charge is -2.13. The number of aryl methyl sites for hydroxylation is 2. The molecule has 1 unspecified atom stereocenters. The van der Waals surface area contributed by atoms with Gasteiger partial charge in [0.15, 0.2) is 0 Å². The second-order valence-electron chi connectivity index (χ2n) is 6.37. The Kier molecular flexibility index (Phi) is 6.64. The van der Waals surface area contributed by atoms with E-state index < -0.39 is 0 Å². The van der Waals surface area contributed by atoms with Gasteiger partial charge in [-0.25, -0.2) is 0 Å². The van der Waals surface area contributed by atoms with Crippen LogP contribution in [-0.2, 0) is 0 Å². The van der Waals surface area contributed by atoms with Crippen LogP contribution in [0.15, 0.2) is 66.7 Å². The van der Waals surface area contributed by atoms with E-state index in [0.29, 0.717) is 5.92 Å². The fourth-order valence-electron chi connectivity index (χ4n) is 2.94. The fraction of sp³-hybridized carbons (Fsp3) is 0.250. The predicted octanol–water partition coefficient (Wildman–Crippen LogP) is 6.66. The zero-order chi connectivity index (χ0) is 17.4. The van der Waals surface area contributed by atoms with Crippen molar-refractivity contribution in [2.75, 3.05) is 0 Å². The maximum atomic E-state index is 5.32. The van der Waals surface area contributed by atoms with E-state index in [1.807, 2.05) is 0 Å². The molecule has 0 radical (unpaired) electrons. The SMILES string of the molecule is C#CCCC(C)c1cccc2ccccc12.Cc1cccc(C)c1. The standard InChI is InChI=1S/C16H16.C8H10/c1-3-4-8-13(2)15-12-7-10-14-9-5-6-11-16(14)15;1-7-4-3-5-8(2)6-7/h1,5-7,9-13H,4,8H2,2H3;3-6H,1-2H3. The first-order chi connectivity index (χ1) is 11.6. The van der Waals surface area contributed by atoms with Crippen LogP contribution in [0.25, 0.3) is 10.8 Å². The van der Waals surface area contributed by atoms with Gasteiger partial charge in [-0.1, -0.05) is 84.8 Å². The molecule has 3 aromatic carbocycles. The van der Waals surface area contributed by atoms with Crippen LogP contribution < -0.4 is 0 Å². The zero-order valence-electron chi connectivity index (χ0n) is 14.9. The van der Waals surface area contributed by atoms with Crippen molar-refractivity contribution in [1.29, 1.82) is 0 Å². The van der Waals surface area contributed by atoms with Crippen molar-refractivity contribution >= 4 is 10.8 Å². The van der Waals surface area contributed by atoms with Crippen molar-refractivity contribution in [1.82, 2.24) is 0 Å². The summed E-state index contributed by atoms with van der Waals surface area (Å²) in [5.41, 5.74) is 4.09. The second kappa shape index (κ2) is 8.94. The summed E-state index contributed by atoms with van der Waals surface area (Å²) in [6, 6.07) is 23.5. The second-order valence-corrected chi connectivity index (χ2v) is 6.37. The van der Waals surface area contributed by atoms with Crippen molar-refractivity contribution in [2.24, 2.45) is 0 Å². The van der Waals surface area contributed by atoms with Crippen LogP contribution in [0.4, 0.5) is 0 Å². The lowest BCUT2D eigenvalue weighted by molar-refractivity contribution is 0.704. The third-order valence-corrected chi connectivity index (χ3v) is 4.25. The minimum Gasteiger partial charge on any atom is -0.120 e. The van der Waals surface area contributed by atoms with Gasteiger partial charge in [-0.05, 0) is 42.5 Å². The van der Waals surface area contributed by atoms with Crippen molar-refractivity contribution in [3.63, 3.8) is 0 Å². The van der Waals surface area contributed by atoms with Gasteiger partial charge in [0, 0.05) is 6.42 Å². The van der Waals surface area contributed by atoms with Crippen molar-refractivity contribution in [2.45, 2.75) is 39.5 Å². The van der Waals surface area contributed by atoms with Gasteiger partial charge in [0.05, 0.1) is 0 Å². The molecule has 0 N–H and O–H groups in total. The minimum atomic E-state index is 0.530. The Morgan fingerprint density at radius 1 is 0.875 bits per heavy atom. The molecule has 0 aliphatic carbocycles. The highest BCUT2D eigenvalue weighted by Gasteiger charge is 2.07. The monoisotopic (exact) mass is 314 g/mol. The van der Waals surface area contributed by atoms with E-state index >= 15 is 0 Å². The Hall–Kier alpha value is -2.52. The molecule has 0 aliphatic rings. The summed E-state index contributed by atoms with van der Waals surface area (Å²) >= 11 is 0. The van der Waals surface area contributed by atoms with Crippen molar-refractivity contribution in [3.05, 3.63) is 83.4 Å². The molecule has 0 bridgehead atoms. The zero-order valence-corrected chi connectivity index (χ0v) is 14.9. The molecule has 1 atom stereocenters. The molecular weight excluding hydrogens is 288 g/mol. The summed E-state index contributed by atoms with van der Waals surface area (Å²) in [6.07, 6.45) is 7.23. The van der Waals surface area contributed by atoms with Gasteiger partial charge < -0.3 is 0 Å². The fourth-order valence-corrected chi connectivity index (χ4v) is 2.94. The van der Waals surface area contributed by atoms with E-state index in [-0.39, 0.29) is 0 Å². The Morgan fingerprint density at radius 2 is 1.50 bits per heavy atom. The van der Waals surface area contributed by atoms with E-state index in [4.69, 9.17) is 6.42 Å². The van der Waals surface area contributed by atoms with Crippen LogP contribution in [0.1, 0.15) is 42.4 Å². The van der Waals surface area contributed by atoms with Crippen LogP contribution in [0.3, 0.4) is 0 Å². The van der Waals surface area contributed by atoms with Crippen molar-refractivity contribution < 1.29 is 0 Å². The first-order valence-corrected chi connectivity index (χ1v) is 8.56. The molecule has 0 saturated carbocycles. The Morgan fingerprint density at radius 3 is 2.12 bits per heavy atom. The molecule has 0 aromatic heterocycles. The highest BCUT2D eigenvalue weighted by Crippen LogP contribution is 2.28. The maximum absolute atomic E-state index is 5.32. The molecule has 3 aromatic rings. The highest BCUT2D eigenvalue weighted by molar-refractivity contribution is 5.86. The van der Waals surface area contributed by atoms with Gasteiger partial charge in [0.1, 0.15) is 0 Å². The molecule has 0 heteroatoms. The molecule has 0 amide bonds. The van der Waals surface area contributed by atoms with Gasteiger partial charge in [0.25, 0.3) is 0 Å². The maximum Gasteiger partial charge on any atom is 0.00917 e. The lowest BCUT2D eigenvalue weighted by atomic mass is 9.92. The summed E-state index contributed by atoms with van der Waals surface area (Å²) in [7, 11) is 0.